The molecule has 0 bridgehead atoms. The van der Waals surface area contributed by atoms with E-state index in [1.807, 2.05) is 26.0 Å². The Hall–Kier alpha value is -2.89. The Bertz CT molecular complexity index is 775. The van der Waals surface area contributed by atoms with Crippen LogP contribution in [-0.2, 0) is 0 Å². The molecule has 106 valence electrons. The number of amides is 1. The molecule has 0 aliphatic rings. The van der Waals surface area contributed by atoms with Crippen LogP contribution >= 0.6 is 0 Å². The van der Waals surface area contributed by atoms with Crippen LogP contribution in [0.15, 0.2) is 45.2 Å². The first-order valence-corrected chi connectivity index (χ1v) is 6.41. The Labute approximate surface area is 120 Å². The van der Waals surface area contributed by atoms with Crippen LogP contribution in [0.2, 0.25) is 0 Å². The number of hydrogen-bond donors (Lipinski definition) is 1. The van der Waals surface area contributed by atoms with Gasteiger partial charge in [0.05, 0.1) is 5.56 Å². The molecule has 0 radical (unpaired) electrons. The molecule has 0 aliphatic heterocycles. The molecule has 21 heavy (non-hydrogen) atoms. The van der Waals surface area contributed by atoms with Gasteiger partial charge in [-0.1, -0.05) is 23.3 Å². The predicted molar refractivity (Wildman–Crippen MR) is 75.9 cm³/mol. The van der Waals surface area contributed by atoms with E-state index in [0.29, 0.717) is 17.2 Å². The highest BCUT2D eigenvalue weighted by Crippen LogP contribution is 2.26. The normalized spacial score (nSPS) is 10.6. The number of aromatic nitrogens is 2. The molecule has 6 heteroatoms. The van der Waals surface area contributed by atoms with Crippen LogP contribution in [0.25, 0.3) is 11.5 Å². The van der Waals surface area contributed by atoms with Gasteiger partial charge in [0, 0.05) is 5.56 Å². The summed E-state index contributed by atoms with van der Waals surface area (Å²) in [6.07, 6.45) is 0. The molecule has 0 spiro atoms. The van der Waals surface area contributed by atoms with Crippen molar-refractivity contribution in [2.75, 3.05) is 5.32 Å². The molecule has 2 heterocycles. The number of aryl methyl sites for hydroxylation is 2. The lowest BCUT2D eigenvalue weighted by molar-refractivity contribution is 0.102. The van der Waals surface area contributed by atoms with Gasteiger partial charge < -0.3 is 8.83 Å². The zero-order chi connectivity index (χ0) is 14.8. The maximum absolute atomic E-state index is 12.0. The molecule has 3 aromatic rings. The standard InChI is InChI=1S/C15H13N3O3/c1-9-8-12(10(2)20-9)14-17-18-15(21-14)16-13(19)11-6-4-3-5-7-11/h3-8H,1-2H3,(H,16,18,19). The van der Waals surface area contributed by atoms with Gasteiger partial charge in [-0.05, 0) is 32.0 Å². The molecule has 0 unspecified atom stereocenters. The number of benzene rings is 1. The average molecular weight is 283 g/mol. The summed E-state index contributed by atoms with van der Waals surface area (Å²) < 4.78 is 10.9. The molecule has 2 aromatic heterocycles. The van der Waals surface area contributed by atoms with Gasteiger partial charge in [-0.15, -0.1) is 5.10 Å². The summed E-state index contributed by atoms with van der Waals surface area (Å²) in [5.74, 6) is 1.46. The minimum atomic E-state index is -0.300. The van der Waals surface area contributed by atoms with E-state index >= 15 is 0 Å². The molecule has 3 rings (SSSR count). The highest BCUT2D eigenvalue weighted by atomic mass is 16.4. The van der Waals surface area contributed by atoms with E-state index in [4.69, 9.17) is 8.83 Å². The van der Waals surface area contributed by atoms with Crippen LogP contribution in [0.4, 0.5) is 6.01 Å². The second-order valence-corrected chi connectivity index (χ2v) is 4.56. The van der Waals surface area contributed by atoms with Gasteiger partial charge in [0.25, 0.3) is 11.8 Å². The lowest BCUT2D eigenvalue weighted by Crippen LogP contribution is -2.11. The Balaban J connectivity index is 1.80. The smallest absolute Gasteiger partial charge is 0.322 e. The van der Waals surface area contributed by atoms with Gasteiger partial charge >= 0.3 is 6.01 Å². The minimum absolute atomic E-state index is 0.0529. The number of nitrogens with zero attached hydrogens (tertiary/aromatic N) is 2. The third-order valence-corrected chi connectivity index (χ3v) is 2.95. The van der Waals surface area contributed by atoms with E-state index in [-0.39, 0.29) is 11.9 Å². The van der Waals surface area contributed by atoms with Gasteiger partial charge in [-0.25, -0.2) is 0 Å². The van der Waals surface area contributed by atoms with Crippen LogP contribution < -0.4 is 5.32 Å². The first-order valence-electron chi connectivity index (χ1n) is 6.41. The van der Waals surface area contributed by atoms with Crippen LogP contribution in [-0.4, -0.2) is 16.1 Å². The van der Waals surface area contributed by atoms with E-state index in [2.05, 4.69) is 15.5 Å². The quantitative estimate of drug-likeness (QED) is 0.798. The van der Waals surface area contributed by atoms with Crippen molar-refractivity contribution in [1.29, 1.82) is 0 Å². The maximum Gasteiger partial charge on any atom is 0.322 e. The Kier molecular flexibility index (Phi) is 3.27. The highest BCUT2D eigenvalue weighted by molar-refractivity contribution is 6.03. The topological polar surface area (TPSA) is 81.2 Å². The summed E-state index contributed by atoms with van der Waals surface area (Å²) >= 11 is 0. The molecular weight excluding hydrogens is 270 g/mol. The molecule has 6 nitrogen and oxygen atoms in total. The number of anilines is 1. The van der Waals surface area contributed by atoms with E-state index in [1.54, 1.807) is 24.3 Å². The van der Waals surface area contributed by atoms with E-state index in [1.165, 1.54) is 0 Å². The number of hydrogen-bond acceptors (Lipinski definition) is 5. The van der Waals surface area contributed by atoms with Crippen molar-refractivity contribution in [3.05, 3.63) is 53.5 Å². The molecule has 0 saturated heterocycles. The van der Waals surface area contributed by atoms with E-state index < -0.39 is 0 Å². The molecule has 0 saturated carbocycles. The first kappa shape index (κ1) is 13.1. The zero-order valence-electron chi connectivity index (χ0n) is 11.6. The molecule has 1 N–H and O–H groups in total. The largest absolute Gasteiger partial charge is 0.466 e. The average Bonchev–Trinajstić information content (AvgIpc) is 3.06. The van der Waals surface area contributed by atoms with Crippen molar-refractivity contribution in [2.45, 2.75) is 13.8 Å². The number of furan rings is 1. The Morgan fingerprint density at radius 1 is 1.10 bits per heavy atom. The summed E-state index contributed by atoms with van der Waals surface area (Å²) in [6, 6.07) is 10.7. The predicted octanol–water partition coefficient (Wildman–Crippen LogP) is 3.20. The molecule has 1 aromatic carbocycles. The van der Waals surface area contributed by atoms with Gasteiger partial charge in [-0.3, -0.25) is 10.1 Å². The van der Waals surface area contributed by atoms with Gasteiger partial charge in [0.15, 0.2) is 0 Å². The highest BCUT2D eigenvalue weighted by Gasteiger charge is 2.16. The van der Waals surface area contributed by atoms with Crippen molar-refractivity contribution in [2.24, 2.45) is 0 Å². The Morgan fingerprint density at radius 2 is 1.86 bits per heavy atom. The second kappa shape index (κ2) is 5.24. The number of nitrogens with one attached hydrogen (secondary N) is 1. The van der Waals surface area contributed by atoms with E-state index in [0.717, 1.165) is 11.3 Å². The fourth-order valence-electron chi connectivity index (χ4n) is 1.98. The monoisotopic (exact) mass is 283 g/mol. The summed E-state index contributed by atoms with van der Waals surface area (Å²) in [7, 11) is 0. The Morgan fingerprint density at radius 3 is 2.52 bits per heavy atom. The van der Waals surface area contributed by atoms with E-state index in [9.17, 15) is 4.79 Å². The van der Waals surface area contributed by atoms with Crippen molar-refractivity contribution in [3.8, 4) is 11.5 Å². The van der Waals surface area contributed by atoms with Gasteiger partial charge in [0.1, 0.15) is 11.5 Å². The summed E-state index contributed by atoms with van der Waals surface area (Å²) in [5.41, 5.74) is 1.24. The van der Waals surface area contributed by atoms with Crippen LogP contribution in [0.5, 0.6) is 0 Å². The molecule has 0 fully saturated rings. The van der Waals surface area contributed by atoms with Crippen LogP contribution in [0.1, 0.15) is 21.9 Å². The van der Waals surface area contributed by atoms with Crippen molar-refractivity contribution in [1.82, 2.24) is 10.2 Å². The van der Waals surface area contributed by atoms with Crippen LogP contribution in [0.3, 0.4) is 0 Å². The molecule has 1 amide bonds. The molecular formula is C15H13N3O3. The van der Waals surface area contributed by atoms with Crippen molar-refractivity contribution >= 4 is 11.9 Å². The lowest BCUT2D eigenvalue weighted by atomic mass is 10.2. The third kappa shape index (κ3) is 2.69. The van der Waals surface area contributed by atoms with Crippen molar-refractivity contribution in [3.63, 3.8) is 0 Å². The van der Waals surface area contributed by atoms with Gasteiger partial charge in [0.2, 0.25) is 0 Å². The SMILES string of the molecule is Cc1cc(-c2nnc(NC(=O)c3ccccc3)o2)c(C)o1. The zero-order valence-corrected chi connectivity index (χ0v) is 11.6. The van der Waals surface area contributed by atoms with Crippen LogP contribution in [0, 0.1) is 13.8 Å². The van der Waals surface area contributed by atoms with Gasteiger partial charge in [-0.2, -0.15) is 0 Å². The third-order valence-electron chi connectivity index (χ3n) is 2.95. The molecule has 0 aliphatic carbocycles. The number of carbonyl (C=O) groups excluding carboxylic acids is 1. The maximum atomic E-state index is 12.0. The van der Waals surface area contributed by atoms with Crippen molar-refractivity contribution < 1.29 is 13.6 Å². The fraction of sp³-hybridized carbons (Fsp3) is 0.133. The minimum Gasteiger partial charge on any atom is -0.466 e. The summed E-state index contributed by atoms with van der Waals surface area (Å²) in [6.45, 7) is 3.65. The summed E-state index contributed by atoms with van der Waals surface area (Å²) in [5, 5.41) is 10.3. The lowest BCUT2D eigenvalue weighted by Gasteiger charge is -1.99. The second-order valence-electron chi connectivity index (χ2n) is 4.56. The first-order chi connectivity index (χ1) is 10.1. The number of rotatable bonds is 3. The fourth-order valence-corrected chi connectivity index (χ4v) is 1.98. The molecule has 0 atom stereocenters. The number of carbonyl (C=O) groups is 1. The summed E-state index contributed by atoms with van der Waals surface area (Å²) in [4.78, 5) is 12.0.